The number of nitrogens with one attached hydrogen (secondary N) is 1. The fourth-order valence-corrected chi connectivity index (χ4v) is 5.32. The van der Waals surface area contributed by atoms with Crippen molar-refractivity contribution in [2.75, 3.05) is 24.2 Å². The van der Waals surface area contributed by atoms with Crippen molar-refractivity contribution in [3.63, 3.8) is 0 Å². The minimum absolute atomic E-state index is 0.0693. The summed E-state index contributed by atoms with van der Waals surface area (Å²) >= 11 is 12.5. The molecule has 0 aliphatic carbocycles. The Balaban J connectivity index is 2.10. The van der Waals surface area contributed by atoms with Crippen LogP contribution in [0.3, 0.4) is 0 Å². The molecule has 0 aromatic heterocycles. The molecule has 0 heterocycles. The Labute approximate surface area is 240 Å². The van der Waals surface area contributed by atoms with Crippen LogP contribution in [0.4, 0.5) is 18.9 Å². The first kappa shape index (κ1) is 31.3. The minimum Gasteiger partial charge on any atom is -0.357 e. The summed E-state index contributed by atoms with van der Waals surface area (Å²) in [6.07, 6.45) is -3.97. The first-order chi connectivity index (χ1) is 18.7. The maximum atomic E-state index is 13.9. The molecule has 0 spiro atoms. The lowest BCUT2D eigenvalue weighted by Gasteiger charge is -2.33. The number of amides is 2. The maximum Gasteiger partial charge on any atom is 0.416 e. The molecule has 3 rings (SSSR count). The summed E-state index contributed by atoms with van der Waals surface area (Å²) in [4.78, 5) is 28.1. The fourth-order valence-electron chi connectivity index (χ4n) is 4.01. The SMILES string of the molecule is CNC(=O)C(Cc1ccccc1)N(Cc1ccccc1Cl)C(=O)CN(c1cc(C(F)(F)F)ccc1Cl)S(C)(=O)=O. The summed E-state index contributed by atoms with van der Waals surface area (Å²) in [6, 6.07) is 16.5. The molecule has 1 atom stereocenters. The molecule has 0 saturated carbocycles. The predicted octanol–water partition coefficient (Wildman–Crippen LogP) is 5.16. The Hall–Kier alpha value is -3.28. The lowest BCUT2D eigenvalue weighted by atomic mass is 10.0. The van der Waals surface area contributed by atoms with E-state index >= 15 is 0 Å². The number of carbonyl (C=O) groups excluding carboxylic acids is 2. The van der Waals surface area contributed by atoms with E-state index in [1.807, 2.05) is 0 Å². The Kier molecular flexibility index (Phi) is 10.1. The van der Waals surface area contributed by atoms with Gasteiger partial charge in [0.25, 0.3) is 0 Å². The van der Waals surface area contributed by atoms with Crippen molar-refractivity contribution in [2.45, 2.75) is 25.2 Å². The molecular weight excluding hydrogens is 590 g/mol. The van der Waals surface area contributed by atoms with Gasteiger partial charge in [0.2, 0.25) is 21.8 Å². The Morgan fingerprint density at radius 3 is 2.15 bits per heavy atom. The van der Waals surface area contributed by atoms with Crippen LogP contribution in [0.2, 0.25) is 10.0 Å². The van der Waals surface area contributed by atoms with E-state index in [0.29, 0.717) is 32.6 Å². The van der Waals surface area contributed by atoms with Gasteiger partial charge in [-0.3, -0.25) is 13.9 Å². The standard InChI is InChI=1S/C27H26Cl2F3N3O4S/c1-33-26(37)24(14-18-8-4-3-5-9-18)34(16-19-10-6-7-11-21(19)28)25(36)17-35(40(2,38)39)23-15-20(27(30,31)32)12-13-22(23)29/h3-13,15,24H,14,16-17H2,1-2H3,(H,33,37). The number of benzene rings is 3. The van der Waals surface area contributed by atoms with Crippen LogP contribution in [-0.4, -0.2) is 51.0 Å². The Bertz CT molecular complexity index is 1470. The minimum atomic E-state index is -4.79. The Morgan fingerprint density at radius 2 is 1.57 bits per heavy atom. The van der Waals surface area contributed by atoms with Crippen LogP contribution in [-0.2, 0) is 38.8 Å². The number of hydrogen-bond acceptors (Lipinski definition) is 4. The predicted molar refractivity (Wildman–Crippen MR) is 149 cm³/mol. The quantitative estimate of drug-likeness (QED) is 0.341. The van der Waals surface area contributed by atoms with E-state index in [9.17, 15) is 31.2 Å². The van der Waals surface area contributed by atoms with Gasteiger partial charge in [-0.25, -0.2) is 8.42 Å². The number of likely N-dealkylation sites (N-methyl/N-ethyl adjacent to an activating group) is 1. The van der Waals surface area contributed by atoms with Crippen molar-refractivity contribution in [1.29, 1.82) is 0 Å². The first-order valence-electron chi connectivity index (χ1n) is 11.8. The van der Waals surface area contributed by atoms with Crippen molar-refractivity contribution in [2.24, 2.45) is 0 Å². The van der Waals surface area contributed by atoms with E-state index < -0.39 is 51.9 Å². The van der Waals surface area contributed by atoms with Crippen LogP contribution in [0.25, 0.3) is 0 Å². The van der Waals surface area contributed by atoms with Crippen LogP contribution in [0.15, 0.2) is 72.8 Å². The van der Waals surface area contributed by atoms with Crippen LogP contribution in [0.5, 0.6) is 0 Å². The second kappa shape index (κ2) is 12.9. The highest BCUT2D eigenvalue weighted by atomic mass is 35.5. The van der Waals surface area contributed by atoms with Crippen LogP contribution in [0, 0.1) is 0 Å². The molecule has 214 valence electrons. The molecule has 3 aromatic rings. The normalized spacial score (nSPS) is 12.5. The summed E-state index contributed by atoms with van der Waals surface area (Å²) < 4.78 is 66.3. The second-order valence-electron chi connectivity index (χ2n) is 8.87. The third-order valence-corrected chi connectivity index (χ3v) is 7.85. The van der Waals surface area contributed by atoms with Gasteiger partial charge in [-0.15, -0.1) is 0 Å². The Morgan fingerprint density at radius 1 is 0.950 bits per heavy atom. The zero-order chi connectivity index (χ0) is 29.7. The van der Waals surface area contributed by atoms with Gasteiger partial charge in [0.15, 0.2) is 0 Å². The zero-order valence-electron chi connectivity index (χ0n) is 21.5. The molecule has 40 heavy (non-hydrogen) atoms. The van der Waals surface area contributed by atoms with Crippen LogP contribution in [0.1, 0.15) is 16.7 Å². The van der Waals surface area contributed by atoms with Gasteiger partial charge in [0, 0.05) is 25.0 Å². The summed E-state index contributed by atoms with van der Waals surface area (Å²) in [5, 5.41) is 2.52. The fraction of sp³-hybridized carbons (Fsp3) is 0.259. The summed E-state index contributed by atoms with van der Waals surface area (Å²) in [5.74, 6) is -1.39. The van der Waals surface area contributed by atoms with Gasteiger partial charge in [-0.05, 0) is 35.4 Å². The molecular formula is C27H26Cl2F3N3O4S. The highest BCUT2D eigenvalue weighted by Gasteiger charge is 2.35. The third kappa shape index (κ3) is 7.89. The average molecular weight is 616 g/mol. The molecule has 13 heteroatoms. The van der Waals surface area contributed by atoms with E-state index in [0.717, 1.165) is 17.2 Å². The zero-order valence-corrected chi connectivity index (χ0v) is 23.8. The molecule has 1 N–H and O–H groups in total. The highest BCUT2D eigenvalue weighted by molar-refractivity contribution is 7.92. The van der Waals surface area contributed by atoms with E-state index in [1.165, 1.54) is 7.05 Å². The third-order valence-electron chi connectivity index (χ3n) is 6.04. The van der Waals surface area contributed by atoms with Crippen molar-refractivity contribution in [3.8, 4) is 0 Å². The molecule has 7 nitrogen and oxygen atoms in total. The molecule has 1 unspecified atom stereocenters. The van der Waals surface area contributed by atoms with Gasteiger partial charge >= 0.3 is 6.18 Å². The summed E-state index contributed by atoms with van der Waals surface area (Å²) in [6.45, 7) is -1.11. The highest BCUT2D eigenvalue weighted by Crippen LogP contribution is 2.36. The smallest absolute Gasteiger partial charge is 0.357 e. The van der Waals surface area contributed by atoms with Gasteiger partial charge in [0.1, 0.15) is 12.6 Å². The molecule has 0 saturated heterocycles. The van der Waals surface area contributed by atoms with Crippen molar-refractivity contribution >= 4 is 50.7 Å². The van der Waals surface area contributed by atoms with Crippen molar-refractivity contribution in [1.82, 2.24) is 10.2 Å². The lowest BCUT2D eigenvalue weighted by Crippen LogP contribution is -2.53. The number of hydrogen-bond donors (Lipinski definition) is 1. The molecule has 3 aromatic carbocycles. The topological polar surface area (TPSA) is 86.8 Å². The number of rotatable bonds is 10. The van der Waals surface area contributed by atoms with Gasteiger partial charge < -0.3 is 10.2 Å². The van der Waals surface area contributed by atoms with Crippen LogP contribution >= 0.6 is 23.2 Å². The molecule has 2 amide bonds. The monoisotopic (exact) mass is 615 g/mol. The van der Waals surface area contributed by atoms with E-state index in [4.69, 9.17) is 23.2 Å². The first-order valence-corrected chi connectivity index (χ1v) is 14.5. The van der Waals surface area contributed by atoms with Gasteiger partial charge in [-0.2, -0.15) is 13.2 Å². The number of nitrogens with zero attached hydrogens (tertiary/aromatic N) is 2. The molecule has 0 aliphatic rings. The van der Waals surface area contributed by atoms with Crippen molar-refractivity contribution < 1.29 is 31.2 Å². The number of anilines is 1. The van der Waals surface area contributed by atoms with Crippen LogP contribution < -0.4 is 9.62 Å². The number of alkyl halides is 3. The lowest BCUT2D eigenvalue weighted by molar-refractivity contribution is -0.139. The molecule has 0 aliphatic heterocycles. The molecule has 0 fully saturated rings. The molecule has 0 radical (unpaired) electrons. The largest absolute Gasteiger partial charge is 0.416 e. The second-order valence-corrected chi connectivity index (χ2v) is 11.6. The van der Waals surface area contributed by atoms with E-state index in [-0.39, 0.29) is 18.0 Å². The number of halogens is 5. The van der Waals surface area contributed by atoms with E-state index in [1.54, 1.807) is 54.6 Å². The molecule has 0 bridgehead atoms. The summed E-state index contributed by atoms with van der Waals surface area (Å²) in [5.41, 5.74) is -0.478. The summed E-state index contributed by atoms with van der Waals surface area (Å²) in [7, 11) is -2.92. The maximum absolute atomic E-state index is 13.9. The average Bonchev–Trinajstić information content (AvgIpc) is 2.89. The number of carbonyl (C=O) groups is 2. The van der Waals surface area contributed by atoms with E-state index in [2.05, 4.69) is 5.32 Å². The van der Waals surface area contributed by atoms with Gasteiger partial charge in [0.05, 0.1) is 22.5 Å². The number of sulfonamides is 1. The van der Waals surface area contributed by atoms with Crippen molar-refractivity contribution in [3.05, 3.63) is 99.5 Å². The van der Waals surface area contributed by atoms with Gasteiger partial charge in [-0.1, -0.05) is 71.7 Å².